The Labute approximate surface area is 169 Å². The summed E-state index contributed by atoms with van der Waals surface area (Å²) in [5.74, 6) is 0.00277. The van der Waals surface area contributed by atoms with Crippen LogP contribution in [0.5, 0.6) is 5.75 Å². The molecule has 1 spiro atoms. The number of imide groups is 1. The molecule has 6 nitrogen and oxygen atoms in total. The van der Waals surface area contributed by atoms with Crippen molar-refractivity contribution < 1.29 is 18.7 Å². The summed E-state index contributed by atoms with van der Waals surface area (Å²) in [4.78, 5) is 31.7. The first-order chi connectivity index (χ1) is 14.1. The molecule has 1 saturated heterocycles. The Hall–Kier alpha value is -3.26. The van der Waals surface area contributed by atoms with E-state index < -0.39 is 11.6 Å². The van der Waals surface area contributed by atoms with Crippen molar-refractivity contribution in [2.75, 3.05) is 6.61 Å². The molecule has 0 bridgehead atoms. The van der Waals surface area contributed by atoms with Gasteiger partial charge in [0.25, 0.3) is 5.91 Å². The van der Waals surface area contributed by atoms with Crippen LogP contribution in [0.25, 0.3) is 10.6 Å². The SMILES string of the molecule is O=C1N[C@]2(CCOc3ccccc32)C(=O)N1Cc1csc(-c2ccc(F)cc2)n1. The Morgan fingerprint density at radius 1 is 1.17 bits per heavy atom. The van der Waals surface area contributed by atoms with E-state index in [0.717, 1.165) is 5.56 Å². The second kappa shape index (κ2) is 6.66. The maximum absolute atomic E-state index is 13.3. The van der Waals surface area contributed by atoms with Crippen LogP contribution >= 0.6 is 11.3 Å². The number of fused-ring (bicyclic) bond motifs is 2. The molecule has 0 radical (unpaired) electrons. The molecule has 8 heteroatoms. The number of para-hydroxylation sites is 1. The Morgan fingerprint density at radius 2 is 1.97 bits per heavy atom. The van der Waals surface area contributed by atoms with Crippen LogP contribution in [0.4, 0.5) is 9.18 Å². The highest BCUT2D eigenvalue weighted by Crippen LogP contribution is 2.41. The lowest BCUT2D eigenvalue weighted by Crippen LogP contribution is -2.47. The van der Waals surface area contributed by atoms with Crippen molar-refractivity contribution in [3.63, 3.8) is 0 Å². The van der Waals surface area contributed by atoms with Crippen LogP contribution in [0.3, 0.4) is 0 Å². The summed E-state index contributed by atoms with van der Waals surface area (Å²) in [6, 6.07) is 12.9. The maximum atomic E-state index is 13.3. The normalized spacial score (nSPS) is 20.5. The lowest BCUT2D eigenvalue weighted by molar-refractivity contribution is -0.133. The minimum atomic E-state index is -1.10. The van der Waals surface area contributed by atoms with E-state index in [-0.39, 0.29) is 18.3 Å². The van der Waals surface area contributed by atoms with Crippen LogP contribution in [0.2, 0.25) is 0 Å². The van der Waals surface area contributed by atoms with Gasteiger partial charge in [-0.3, -0.25) is 9.69 Å². The zero-order valence-corrected chi connectivity index (χ0v) is 16.0. The molecule has 1 N–H and O–H groups in total. The second-order valence-electron chi connectivity index (χ2n) is 6.97. The topological polar surface area (TPSA) is 71.5 Å². The standard InChI is InChI=1S/C21H16FN3O3S/c22-14-7-5-13(6-8-14)18-23-15(12-29-18)11-25-19(26)21(24-20(25)27)9-10-28-17-4-2-1-3-16(17)21/h1-8,12H,9-11H2,(H,24,27)/t21-/m0/s1. The van der Waals surface area contributed by atoms with Crippen molar-refractivity contribution in [1.82, 2.24) is 15.2 Å². The minimum absolute atomic E-state index is 0.0765. The van der Waals surface area contributed by atoms with E-state index in [9.17, 15) is 14.0 Å². The van der Waals surface area contributed by atoms with Crippen molar-refractivity contribution >= 4 is 23.3 Å². The van der Waals surface area contributed by atoms with Crippen molar-refractivity contribution in [2.45, 2.75) is 18.5 Å². The predicted molar refractivity (Wildman–Crippen MR) is 105 cm³/mol. The predicted octanol–water partition coefficient (Wildman–Crippen LogP) is 3.68. The Bertz CT molecular complexity index is 1110. The van der Waals surface area contributed by atoms with E-state index in [1.807, 2.05) is 23.6 Å². The summed E-state index contributed by atoms with van der Waals surface area (Å²) < 4.78 is 18.8. The number of aromatic nitrogens is 1. The van der Waals surface area contributed by atoms with E-state index in [4.69, 9.17) is 4.74 Å². The van der Waals surface area contributed by atoms with Gasteiger partial charge >= 0.3 is 6.03 Å². The number of amides is 3. The molecule has 2 aromatic carbocycles. The number of hydrogen-bond acceptors (Lipinski definition) is 5. The number of nitrogens with zero attached hydrogens (tertiary/aromatic N) is 2. The molecule has 1 fully saturated rings. The van der Waals surface area contributed by atoms with Gasteiger partial charge in [-0.2, -0.15) is 0 Å². The molecular weight excluding hydrogens is 393 g/mol. The summed E-state index contributed by atoms with van der Waals surface area (Å²) in [5.41, 5.74) is 0.976. The number of carbonyl (C=O) groups is 2. The lowest BCUT2D eigenvalue weighted by atomic mass is 9.84. The number of ether oxygens (including phenoxy) is 1. The summed E-state index contributed by atoms with van der Waals surface area (Å²) >= 11 is 1.39. The smallest absolute Gasteiger partial charge is 0.325 e. The van der Waals surface area contributed by atoms with Crippen molar-refractivity contribution in [3.8, 4) is 16.3 Å². The van der Waals surface area contributed by atoms with Gasteiger partial charge in [-0.1, -0.05) is 18.2 Å². The number of rotatable bonds is 3. The number of nitrogens with one attached hydrogen (secondary N) is 1. The van der Waals surface area contributed by atoms with Crippen LogP contribution in [-0.4, -0.2) is 28.4 Å². The van der Waals surface area contributed by atoms with Gasteiger partial charge in [0.15, 0.2) is 5.54 Å². The first kappa shape index (κ1) is 17.8. The average molecular weight is 409 g/mol. The van der Waals surface area contributed by atoms with Crippen LogP contribution < -0.4 is 10.1 Å². The van der Waals surface area contributed by atoms with Crippen LogP contribution in [0.1, 0.15) is 17.7 Å². The molecule has 146 valence electrons. The fourth-order valence-electron chi connectivity index (χ4n) is 3.78. The van der Waals surface area contributed by atoms with Gasteiger partial charge in [0.05, 0.1) is 18.8 Å². The second-order valence-corrected chi connectivity index (χ2v) is 7.83. The third-order valence-corrected chi connectivity index (χ3v) is 6.16. The van der Waals surface area contributed by atoms with Crippen molar-refractivity contribution in [3.05, 3.63) is 71.0 Å². The maximum Gasteiger partial charge on any atom is 0.325 e. The molecular formula is C21H16FN3O3S. The average Bonchev–Trinajstić information content (AvgIpc) is 3.29. The summed E-state index contributed by atoms with van der Waals surface area (Å²) in [5, 5.41) is 5.40. The number of hydrogen-bond donors (Lipinski definition) is 1. The quantitative estimate of drug-likeness (QED) is 0.670. The molecule has 3 amide bonds. The number of benzene rings is 2. The highest BCUT2D eigenvalue weighted by molar-refractivity contribution is 7.13. The first-order valence-electron chi connectivity index (χ1n) is 9.14. The van der Waals surface area contributed by atoms with Gasteiger partial charge in [0.1, 0.15) is 16.6 Å². The van der Waals surface area contributed by atoms with E-state index in [1.54, 1.807) is 18.2 Å². The molecule has 2 aliphatic rings. The Kier molecular flexibility index (Phi) is 4.09. The Morgan fingerprint density at radius 3 is 2.79 bits per heavy atom. The summed E-state index contributed by atoms with van der Waals surface area (Å²) in [6.07, 6.45) is 0.378. The fourth-order valence-corrected chi connectivity index (χ4v) is 4.60. The fraction of sp³-hybridized carbons (Fsp3) is 0.190. The molecule has 1 atom stereocenters. The molecule has 2 aliphatic heterocycles. The number of carbonyl (C=O) groups excluding carboxylic acids is 2. The van der Waals surface area contributed by atoms with Gasteiger partial charge in [-0.25, -0.2) is 14.2 Å². The zero-order chi connectivity index (χ0) is 20.0. The first-order valence-corrected chi connectivity index (χ1v) is 10.0. The number of urea groups is 1. The lowest BCUT2D eigenvalue weighted by Gasteiger charge is -2.33. The summed E-state index contributed by atoms with van der Waals surface area (Å²) in [6.45, 7) is 0.426. The highest BCUT2D eigenvalue weighted by Gasteiger charge is 2.54. The van der Waals surface area contributed by atoms with Gasteiger partial charge in [-0.15, -0.1) is 11.3 Å². The van der Waals surface area contributed by atoms with Gasteiger partial charge in [0.2, 0.25) is 0 Å². The van der Waals surface area contributed by atoms with Crippen LogP contribution in [0, 0.1) is 5.82 Å². The van der Waals surface area contributed by atoms with Gasteiger partial charge < -0.3 is 10.1 Å². The van der Waals surface area contributed by atoms with Crippen LogP contribution in [0.15, 0.2) is 53.9 Å². The van der Waals surface area contributed by atoms with Crippen LogP contribution in [-0.2, 0) is 16.9 Å². The van der Waals surface area contributed by atoms with E-state index in [2.05, 4.69) is 10.3 Å². The number of halogens is 1. The van der Waals surface area contributed by atoms with Crippen molar-refractivity contribution in [1.29, 1.82) is 0 Å². The zero-order valence-electron chi connectivity index (χ0n) is 15.2. The molecule has 0 aliphatic carbocycles. The molecule has 0 unspecified atom stereocenters. The molecule has 29 heavy (non-hydrogen) atoms. The Balaban J connectivity index is 1.42. The summed E-state index contributed by atoms with van der Waals surface area (Å²) in [7, 11) is 0. The van der Waals surface area contributed by atoms with Gasteiger partial charge in [-0.05, 0) is 30.3 Å². The third kappa shape index (κ3) is 2.87. The molecule has 3 heterocycles. The van der Waals surface area contributed by atoms with Crippen molar-refractivity contribution in [2.24, 2.45) is 0 Å². The van der Waals surface area contributed by atoms with E-state index in [0.29, 0.717) is 35.0 Å². The number of thiazole rings is 1. The molecule has 0 saturated carbocycles. The molecule has 1 aromatic heterocycles. The van der Waals surface area contributed by atoms with E-state index in [1.165, 1.54) is 28.4 Å². The minimum Gasteiger partial charge on any atom is -0.493 e. The van der Waals surface area contributed by atoms with E-state index >= 15 is 0 Å². The largest absolute Gasteiger partial charge is 0.493 e. The highest BCUT2D eigenvalue weighted by atomic mass is 32.1. The third-order valence-electron chi connectivity index (χ3n) is 5.22. The molecule has 5 rings (SSSR count). The molecule has 3 aromatic rings. The van der Waals surface area contributed by atoms with Gasteiger partial charge in [0, 0.05) is 22.9 Å². The monoisotopic (exact) mass is 409 g/mol.